The molecule has 2 rings (SSSR count). The van der Waals surface area contributed by atoms with Gasteiger partial charge in [-0.25, -0.2) is 4.98 Å². The molecule has 1 aromatic heterocycles. The first-order chi connectivity index (χ1) is 8.61. The lowest BCUT2D eigenvalue weighted by molar-refractivity contribution is 0.242. The van der Waals surface area contributed by atoms with Crippen LogP contribution in [0.5, 0.6) is 0 Å². The quantitative estimate of drug-likeness (QED) is 0.864. The van der Waals surface area contributed by atoms with Gasteiger partial charge >= 0.3 is 0 Å². The molecule has 1 atom stereocenters. The molecule has 1 aliphatic heterocycles. The van der Waals surface area contributed by atoms with Gasteiger partial charge in [-0.1, -0.05) is 23.2 Å². The third-order valence-electron chi connectivity index (χ3n) is 3.45. The van der Waals surface area contributed by atoms with Gasteiger partial charge in [-0.05, 0) is 39.4 Å². The minimum Gasteiger partial charge on any atom is -0.318 e. The van der Waals surface area contributed by atoms with Crippen molar-refractivity contribution >= 4 is 23.2 Å². The fourth-order valence-electron chi connectivity index (χ4n) is 2.54. The zero-order valence-electron chi connectivity index (χ0n) is 10.8. The van der Waals surface area contributed by atoms with Crippen molar-refractivity contribution in [2.45, 2.75) is 32.4 Å². The lowest BCUT2D eigenvalue weighted by Crippen LogP contribution is -2.36. The molecule has 1 fully saturated rings. The normalized spacial score (nSPS) is 20.6. The van der Waals surface area contributed by atoms with E-state index >= 15 is 0 Å². The molecule has 100 valence electrons. The number of likely N-dealkylation sites (N-methyl/N-ethyl adjacent to an activating group) is 1. The van der Waals surface area contributed by atoms with E-state index in [0.29, 0.717) is 11.2 Å². The van der Waals surface area contributed by atoms with E-state index in [2.05, 4.69) is 15.2 Å². The number of aromatic nitrogens is 1. The fraction of sp³-hybridized carbons (Fsp3) is 0.615. The lowest BCUT2D eigenvalue weighted by atomic mass is 10.2. The van der Waals surface area contributed by atoms with E-state index in [1.54, 1.807) is 0 Å². The molecule has 1 N–H and O–H groups in total. The number of nitrogens with zero attached hydrogens (tertiary/aromatic N) is 2. The Hall–Kier alpha value is -0.350. The molecule has 1 aliphatic rings. The second-order valence-electron chi connectivity index (χ2n) is 4.84. The summed E-state index contributed by atoms with van der Waals surface area (Å²) in [5.74, 6) is 0. The van der Waals surface area contributed by atoms with Crippen LogP contribution >= 0.6 is 23.2 Å². The summed E-state index contributed by atoms with van der Waals surface area (Å²) < 4.78 is 0. The number of rotatable bonds is 4. The van der Waals surface area contributed by atoms with Gasteiger partial charge in [0.25, 0.3) is 0 Å². The number of pyridine rings is 1. The van der Waals surface area contributed by atoms with E-state index in [1.165, 1.54) is 12.8 Å². The maximum absolute atomic E-state index is 6.27. The molecular formula is C13H19Cl2N3. The maximum Gasteiger partial charge on any atom is 0.135 e. The maximum atomic E-state index is 6.27. The highest BCUT2D eigenvalue weighted by Gasteiger charge is 2.25. The highest BCUT2D eigenvalue weighted by molar-refractivity contribution is 6.35. The number of hydrogen-bond donors (Lipinski definition) is 1. The summed E-state index contributed by atoms with van der Waals surface area (Å²) in [5.41, 5.74) is 1.81. The molecule has 0 aromatic carbocycles. The van der Waals surface area contributed by atoms with Crippen molar-refractivity contribution in [3.05, 3.63) is 27.5 Å². The number of halogens is 2. The molecule has 2 heterocycles. The van der Waals surface area contributed by atoms with Crippen molar-refractivity contribution in [3.63, 3.8) is 0 Å². The van der Waals surface area contributed by atoms with Crippen LogP contribution in [0.15, 0.2) is 6.07 Å². The van der Waals surface area contributed by atoms with Crippen molar-refractivity contribution in [2.75, 3.05) is 20.1 Å². The predicted molar refractivity (Wildman–Crippen MR) is 76.4 cm³/mol. The van der Waals surface area contributed by atoms with Crippen LogP contribution in [-0.2, 0) is 6.54 Å². The van der Waals surface area contributed by atoms with Crippen LogP contribution in [0.3, 0.4) is 0 Å². The molecule has 0 saturated carbocycles. The standard InChI is InChI=1S/C13H19Cl2N3/c1-9-6-12(14)11(13(15)17-9)8-18-5-3-4-10(18)7-16-2/h6,10,16H,3-5,7-8H2,1-2H3. The van der Waals surface area contributed by atoms with Gasteiger partial charge in [0.1, 0.15) is 5.15 Å². The summed E-state index contributed by atoms with van der Waals surface area (Å²) in [5, 5.41) is 4.50. The highest BCUT2D eigenvalue weighted by Crippen LogP contribution is 2.28. The topological polar surface area (TPSA) is 28.2 Å². The van der Waals surface area contributed by atoms with Gasteiger partial charge in [-0.3, -0.25) is 4.90 Å². The molecule has 18 heavy (non-hydrogen) atoms. The average Bonchev–Trinajstić information content (AvgIpc) is 2.71. The Morgan fingerprint density at radius 1 is 1.50 bits per heavy atom. The molecule has 5 heteroatoms. The van der Waals surface area contributed by atoms with E-state index in [1.807, 2.05) is 20.0 Å². The second-order valence-corrected chi connectivity index (χ2v) is 5.60. The Balaban J connectivity index is 2.14. The third kappa shape index (κ3) is 3.15. The monoisotopic (exact) mass is 287 g/mol. The zero-order chi connectivity index (χ0) is 13.1. The van der Waals surface area contributed by atoms with Crippen LogP contribution in [0.25, 0.3) is 0 Å². The molecule has 0 amide bonds. The SMILES string of the molecule is CNCC1CCCN1Cc1c(Cl)cc(C)nc1Cl. The summed E-state index contributed by atoms with van der Waals surface area (Å²) in [7, 11) is 1.99. The third-order valence-corrected chi connectivity index (χ3v) is 4.10. The summed E-state index contributed by atoms with van der Waals surface area (Å²) in [6, 6.07) is 2.45. The minimum absolute atomic E-state index is 0.537. The van der Waals surface area contributed by atoms with Crippen LogP contribution in [0.4, 0.5) is 0 Å². The van der Waals surface area contributed by atoms with E-state index in [4.69, 9.17) is 23.2 Å². The van der Waals surface area contributed by atoms with Gasteiger partial charge in [0, 0.05) is 35.4 Å². The van der Waals surface area contributed by atoms with Crippen molar-refractivity contribution in [2.24, 2.45) is 0 Å². The van der Waals surface area contributed by atoms with Crippen molar-refractivity contribution in [1.29, 1.82) is 0 Å². The van der Waals surface area contributed by atoms with Gasteiger partial charge in [0.15, 0.2) is 0 Å². The van der Waals surface area contributed by atoms with Crippen LogP contribution in [0.1, 0.15) is 24.1 Å². The van der Waals surface area contributed by atoms with Crippen molar-refractivity contribution < 1.29 is 0 Å². The van der Waals surface area contributed by atoms with E-state index < -0.39 is 0 Å². The molecule has 3 nitrogen and oxygen atoms in total. The first kappa shape index (κ1) is 14.1. The van der Waals surface area contributed by atoms with E-state index in [0.717, 1.165) is 35.9 Å². The number of aryl methyl sites for hydroxylation is 1. The van der Waals surface area contributed by atoms with Crippen molar-refractivity contribution in [3.8, 4) is 0 Å². The smallest absolute Gasteiger partial charge is 0.135 e. The predicted octanol–water partition coefficient (Wildman–Crippen LogP) is 2.88. The molecule has 0 bridgehead atoms. The van der Waals surface area contributed by atoms with Crippen molar-refractivity contribution in [1.82, 2.24) is 15.2 Å². The van der Waals surface area contributed by atoms with Gasteiger partial charge in [-0.15, -0.1) is 0 Å². The number of likely N-dealkylation sites (tertiary alicyclic amines) is 1. The van der Waals surface area contributed by atoms with Gasteiger partial charge in [0.2, 0.25) is 0 Å². The Kier molecular flexibility index (Phi) is 4.84. The Bertz CT molecular complexity index is 400. The van der Waals surface area contributed by atoms with E-state index in [-0.39, 0.29) is 0 Å². The van der Waals surface area contributed by atoms with Gasteiger partial charge in [-0.2, -0.15) is 0 Å². The fourth-order valence-corrected chi connectivity index (χ4v) is 3.19. The Morgan fingerprint density at radius 2 is 2.28 bits per heavy atom. The van der Waals surface area contributed by atoms with Gasteiger partial charge < -0.3 is 5.32 Å². The Labute approximate surface area is 118 Å². The van der Waals surface area contributed by atoms with Crippen LogP contribution in [-0.4, -0.2) is 36.1 Å². The van der Waals surface area contributed by atoms with Crippen LogP contribution in [0.2, 0.25) is 10.2 Å². The minimum atomic E-state index is 0.537. The summed E-state index contributed by atoms with van der Waals surface area (Å²) >= 11 is 12.5. The molecule has 1 aromatic rings. The molecular weight excluding hydrogens is 269 g/mol. The molecule has 1 saturated heterocycles. The largest absolute Gasteiger partial charge is 0.318 e. The van der Waals surface area contributed by atoms with E-state index in [9.17, 15) is 0 Å². The second kappa shape index (κ2) is 6.20. The number of nitrogens with one attached hydrogen (secondary N) is 1. The number of hydrogen-bond acceptors (Lipinski definition) is 3. The summed E-state index contributed by atoms with van der Waals surface area (Å²) in [6.07, 6.45) is 2.47. The van der Waals surface area contributed by atoms with Gasteiger partial charge in [0.05, 0.1) is 0 Å². The molecule has 0 radical (unpaired) electrons. The zero-order valence-corrected chi connectivity index (χ0v) is 12.4. The highest BCUT2D eigenvalue weighted by atomic mass is 35.5. The van der Waals surface area contributed by atoms with Crippen LogP contribution < -0.4 is 5.32 Å². The molecule has 0 aliphatic carbocycles. The molecule has 0 spiro atoms. The first-order valence-electron chi connectivity index (χ1n) is 6.32. The molecule has 1 unspecified atom stereocenters. The lowest BCUT2D eigenvalue weighted by Gasteiger charge is -2.25. The average molecular weight is 288 g/mol. The van der Waals surface area contributed by atoms with Crippen LogP contribution in [0, 0.1) is 6.92 Å². The first-order valence-corrected chi connectivity index (χ1v) is 7.07. The Morgan fingerprint density at radius 3 is 2.94 bits per heavy atom. The summed E-state index contributed by atoms with van der Waals surface area (Å²) in [6.45, 7) is 4.81. The summed E-state index contributed by atoms with van der Waals surface area (Å²) in [4.78, 5) is 6.72.